The highest BCUT2D eigenvalue weighted by Gasteiger charge is 2.31. The van der Waals surface area contributed by atoms with Gasteiger partial charge >= 0.3 is 5.97 Å². The number of carboxylic acids is 1. The molecule has 130 valence electrons. The van der Waals surface area contributed by atoms with Crippen molar-refractivity contribution in [1.29, 1.82) is 0 Å². The Morgan fingerprint density at radius 3 is 2.50 bits per heavy atom. The number of carboxylic acid groups (broad SMARTS) is 1. The molecule has 1 aromatic carbocycles. The molecule has 0 saturated heterocycles. The van der Waals surface area contributed by atoms with Crippen LogP contribution in [0.2, 0.25) is 0 Å². The lowest BCUT2D eigenvalue weighted by atomic mass is 10.1. The summed E-state index contributed by atoms with van der Waals surface area (Å²) >= 11 is 0.250. The monoisotopic (exact) mass is 365 g/mol. The molecule has 2 atom stereocenters. The molecule has 1 unspecified atom stereocenters. The quantitative estimate of drug-likeness (QED) is 0.730. The van der Waals surface area contributed by atoms with Gasteiger partial charge in [-0.05, 0) is 38.5 Å². The molecule has 0 bridgehead atoms. The highest BCUT2D eigenvalue weighted by Crippen LogP contribution is 2.29. The van der Waals surface area contributed by atoms with Gasteiger partial charge in [-0.2, -0.15) is 0 Å². The van der Waals surface area contributed by atoms with Crippen LogP contribution in [0.5, 0.6) is 0 Å². The number of thiophene rings is 1. The van der Waals surface area contributed by atoms with Crippen LogP contribution < -0.4 is 4.72 Å². The minimum atomic E-state index is -1.32. The maximum absolute atomic E-state index is 12.3. The first kappa shape index (κ1) is 19.0. The summed E-state index contributed by atoms with van der Waals surface area (Å²) in [7, 11) is 0. The molecule has 0 radical (unpaired) electrons. The van der Waals surface area contributed by atoms with Crippen LogP contribution in [-0.4, -0.2) is 20.4 Å². The second-order valence-corrected chi connectivity index (χ2v) is 9.81. The van der Waals surface area contributed by atoms with Gasteiger partial charge in [-0.15, -0.1) is 16.1 Å². The van der Waals surface area contributed by atoms with E-state index < -0.39 is 28.1 Å². The molecule has 0 aliphatic rings. The topological polar surface area (TPSA) is 72.4 Å². The average molecular weight is 366 g/mol. The van der Waals surface area contributed by atoms with Crippen molar-refractivity contribution in [2.24, 2.45) is 0 Å². The van der Waals surface area contributed by atoms with Crippen molar-refractivity contribution in [2.45, 2.75) is 44.4 Å². The zero-order valence-corrected chi connectivity index (χ0v) is 15.7. The van der Waals surface area contributed by atoms with Crippen LogP contribution in [0.15, 0.2) is 42.5 Å². The number of aliphatic carboxylic acids is 1. The van der Waals surface area contributed by atoms with E-state index >= 15 is 0 Å². The van der Waals surface area contributed by atoms with Crippen LogP contribution in [0.4, 0.5) is 0 Å². The molecule has 6 heteroatoms. The van der Waals surface area contributed by atoms with Gasteiger partial charge in [0.1, 0.15) is 4.75 Å². The van der Waals surface area contributed by atoms with Crippen molar-refractivity contribution in [3.8, 4) is 0 Å². The average Bonchev–Trinajstić information content (AvgIpc) is 2.94. The molecule has 0 spiro atoms. The molecule has 2 rings (SSSR count). The van der Waals surface area contributed by atoms with Crippen molar-refractivity contribution in [3.05, 3.63) is 57.8 Å². The summed E-state index contributed by atoms with van der Waals surface area (Å²) in [6, 6.07) is 13.6. The molecule has 2 N–H and O–H groups in total. The van der Waals surface area contributed by atoms with E-state index in [4.69, 9.17) is 5.11 Å². The van der Waals surface area contributed by atoms with Gasteiger partial charge in [-0.3, -0.25) is 4.79 Å². The van der Waals surface area contributed by atoms with Crippen molar-refractivity contribution < 1.29 is 14.5 Å². The van der Waals surface area contributed by atoms with E-state index in [-0.39, 0.29) is 6.42 Å². The number of hydrogen-bond donors (Lipinski definition) is 2. The minimum Gasteiger partial charge on any atom is -0.598 e. The van der Waals surface area contributed by atoms with Crippen molar-refractivity contribution in [1.82, 2.24) is 4.72 Å². The van der Waals surface area contributed by atoms with E-state index in [0.717, 1.165) is 16.2 Å². The van der Waals surface area contributed by atoms with Crippen molar-refractivity contribution >= 4 is 28.7 Å². The maximum atomic E-state index is 12.3. The fourth-order valence-electron chi connectivity index (χ4n) is 2.15. The number of rotatable bonds is 7. The number of nitrogens with one attached hydrogen (secondary N) is 1. The third kappa shape index (κ3) is 5.63. The Labute approximate surface area is 150 Å². The molecular formula is C18H23NO3S2. The summed E-state index contributed by atoms with van der Waals surface area (Å²) in [5.41, 5.74) is 1.21. The van der Waals surface area contributed by atoms with Crippen LogP contribution in [0, 0.1) is 0 Å². The van der Waals surface area contributed by atoms with E-state index in [9.17, 15) is 9.35 Å². The van der Waals surface area contributed by atoms with Crippen LogP contribution in [-0.2, 0) is 22.6 Å². The lowest BCUT2D eigenvalue weighted by molar-refractivity contribution is -0.137. The molecule has 2 aromatic rings. The summed E-state index contributed by atoms with van der Waals surface area (Å²) in [6.07, 6.45) is 0.723. The normalized spacial score (nSPS) is 14.3. The van der Waals surface area contributed by atoms with E-state index in [1.807, 2.05) is 51.1 Å². The van der Waals surface area contributed by atoms with Gasteiger partial charge in [0, 0.05) is 27.5 Å². The first-order valence-electron chi connectivity index (χ1n) is 7.78. The second-order valence-electron chi connectivity index (χ2n) is 6.62. The van der Waals surface area contributed by atoms with Gasteiger partial charge in [0.2, 0.25) is 0 Å². The van der Waals surface area contributed by atoms with Gasteiger partial charge in [-0.1, -0.05) is 30.3 Å². The van der Waals surface area contributed by atoms with Gasteiger partial charge in [0.05, 0.1) is 12.5 Å². The summed E-state index contributed by atoms with van der Waals surface area (Å²) in [5.74, 6) is -0.906. The van der Waals surface area contributed by atoms with Crippen LogP contribution in [0.1, 0.15) is 48.6 Å². The lowest BCUT2D eigenvalue weighted by Crippen LogP contribution is -2.41. The van der Waals surface area contributed by atoms with E-state index in [1.165, 1.54) is 5.56 Å². The van der Waals surface area contributed by atoms with E-state index in [0.29, 0.717) is 0 Å². The lowest BCUT2D eigenvalue weighted by Gasteiger charge is -2.27. The zero-order valence-electron chi connectivity index (χ0n) is 14.1. The molecule has 0 saturated carbocycles. The zero-order chi connectivity index (χ0) is 17.7. The van der Waals surface area contributed by atoms with Crippen molar-refractivity contribution in [2.75, 3.05) is 0 Å². The SMILES string of the molecule is CC(C)(C)[S@@+]([O-])NC(CC(=O)O)c1ccc(Cc2ccccc2)s1. The van der Waals surface area contributed by atoms with Crippen LogP contribution in [0.25, 0.3) is 0 Å². The summed E-state index contributed by atoms with van der Waals surface area (Å²) in [6.45, 7) is 5.59. The minimum absolute atomic E-state index is 0.0902. The molecular weight excluding hydrogens is 342 g/mol. The van der Waals surface area contributed by atoms with Crippen LogP contribution >= 0.6 is 11.3 Å². The largest absolute Gasteiger partial charge is 0.598 e. The molecule has 0 aliphatic heterocycles. The summed E-state index contributed by atoms with van der Waals surface area (Å²) < 4.78 is 14.9. The molecule has 1 aromatic heterocycles. The molecule has 4 nitrogen and oxygen atoms in total. The van der Waals surface area contributed by atoms with Gasteiger partial charge < -0.3 is 9.66 Å². The Balaban J connectivity index is 2.13. The standard InChI is InChI=1S/C18H23NO3S2/c1-18(2,3)24(22)19-15(12-17(20)21)16-10-9-14(23-16)11-13-7-5-4-6-8-13/h4-10,15,19H,11-12H2,1-3H3,(H,20,21)/t15?,24-/m1/s1. The predicted molar refractivity (Wildman–Crippen MR) is 99.6 cm³/mol. The number of benzene rings is 1. The Morgan fingerprint density at radius 2 is 1.92 bits per heavy atom. The number of hydrogen-bond acceptors (Lipinski definition) is 4. The Hall–Kier alpha value is -1.34. The molecule has 0 fully saturated rings. The van der Waals surface area contributed by atoms with E-state index in [2.05, 4.69) is 16.9 Å². The molecule has 0 amide bonds. The second kappa shape index (κ2) is 8.16. The Morgan fingerprint density at radius 1 is 1.25 bits per heavy atom. The van der Waals surface area contributed by atoms with Gasteiger partial charge in [0.25, 0.3) is 0 Å². The molecule has 1 heterocycles. The van der Waals surface area contributed by atoms with Crippen LogP contribution in [0.3, 0.4) is 0 Å². The Bertz CT molecular complexity index is 664. The van der Waals surface area contributed by atoms with E-state index in [1.54, 1.807) is 11.3 Å². The number of carbonyl (C=O) groups is 1. The molecule has 0 aliphatic carbocycles. The third-order valence-corrected chi connectivity index (χ3v) is 6.24. The fraction of sp³-hybridized carbons (Fsp3) is 0.389. The summed E-state index contributed by atoms with van der Waals surface area (Å²) in [5, 5.41) is 9.17. The first-order chi connectivity index (χ1) is 11.3. The van der Waals surface area contributed by atoms with Gasteiger partial charge in [-0.25, -0.2) is 0 Å². The molecule has 24 heavy (non-hydrogen) atoms. The highest BCUT2D eigenvalue weighted by atomic mass is 32.2. The fourth-order valence-corrected chi connectivity index (χ4v) is 4.15. The van der Waals surface area contributed by atoms with Crippen molar-refractivity contribution in [3.63, 3.8) is 0 Å². The highest BCUT2D eigenvalue weighted by molar-refractivity contribution is 7.90. The maximum Gasteiger partial charge on any atom is 0.305 e. The Kier molecular flexibility index (Phi) is 6.46. The first-order valence-corrected chi connectivity index (χ1v) is 9.74. The summed E-state index contributed by atoms with van der Waals surface area (Å²) in [4.78, 5) is 13.2. The predicted octanol–water partition coefficient (Wildman–Crippen LogP) is 3.91. The van der Waals surface area contributed by atoms with Gasteiger partial charge in [0.15, 0.2) is 0 Å². The smallest absolute Gasteiger partial charge is 0.305 e. The third-order valence-electron chi connectivity index (χ3n) is 3.43.